The van der Waals surface area contributed by atoms with Crippen molar-refractivity contribution in [2.45, 2.75) is 0 Å². The van der Waals surface area contributed by atoms with E-state index in [9.17, 15) is 4.79 Å². The summed E-state index contributed by atoms with van der Waals surface area (Å²) in [6, 6.07) is 38.8. The molecule has 1 aliphatic heterocycles. The van der Waals surface area contributed by atoms with Gasteiger partial charge in [0.15, 0.2) is 0 Å². The molecule has 0 saturated heterocycles. The third kappa shape index (κ3) is 23.8. The number of hydrogen-bond donors (Lipinski definition) is 0. The van der Waals surface area contributed by atoms with Crippen LogP contribution in [0.5, 0.6) is 34.5 Å². The molecule has 44 heteroatoms. The zero-order valence-corrected chi connectivity index (χ0v) is 66.5. The van der Waals surface area contributed by atoms with Crippen LogP contribution in [-0.4, -0.2) is 103 Å². The summed E-state index contributed by atoms with van der Waals surface area (Å²) in [4.78, 5) is -1.99. The normalized spacial score (nSPS) is 15.9. The second-order valence-corrected chi connectivity index (χ2v) is 62.6. The minimum Gasteiger partial charge on any atom is -0.465 e. The highest BCUT2D eigenvalue weighted by molar-refractivity contribution is 8.39. The van der Waals surface area contributed by atoms with E-state index in [4.69, 9.17) is 217 Å². The Labute approximate surface area is 605 Å². The van der Waals surface area contributed by atoms with Crippen LogP contribution in [0, 0.1) is 0 Å². The third-order valence-electron chi connectivity index (χ3n) is 11.3. The van der Waals surface area contributed by atoms with Crippen LogP contribution < -0.4 is 27.1 Å². The van der Waals surface area contributed by atoms with Gasteiger partial charge in [-0.15, -0.1) is 0 Å². The van der Waals surface area contributed by atoms with Crippen LogP contribution in [-0.2, 0) is 63.8 Å². The summed E-state index contributed by atoms with van der Waals surface area (Å²) in [5.41, 5.74) is 3.04. The molecule has 0 aliphatic carbocycles. The molecular weight excluding hydrogens is 1650 g/mol. The molecule has 0 N–H and O–H groups in total. The van der Waals surface area contributed by atoms with Crippen molar-refractivity contribution in [2.75, 3.05) is 42.3 Å². The van der Waals surface area contributed by atoms with Gasteiger partial charge < -0.3 is 31.9 Å². The Morgan fingerprint density at radius 1 is 0.348 bits per heavy atom. The maximum Gasteiger partial charge on any atom is 0.460 e. The Morgan fingerprint density at radius 2 is 0.511 bits per heavy atom. The Morgan fingerprint density at radius 3 is 0.663 bits per heavy atom. The number of methoxy groups -OCH3 is 1. The van der Waals surface area contributed by atoms with E-state index in [1.807, 2.05) is 0 Å². The fourth-order valence-electron chi connectivity index (χ4n) is 6.48. The Kier molecular flexibility index (Phi) is 27.7. The number of benzene rings is 6. The molecule has 0 amide bonds. The van der Waals surface area contributed by atoms with Crippen LogP contribution in [0.3, 0.4) is 0 Å². The van der Waals surface area contributed by atoms with E-state index in [2.05, 4.69) is 25.5 Å². The van der Waals surface area contributed by atoms with E-state index >= 15 is 0 Å². The first kappa shape index (κ1) is 77.1. The van der Waals surface area contributed by atoms with Crippen LogP contribution in [0.15, 0.2) is 185 Å². The summed E-state index contributed by atoms with van der Waals surface area (Å²) >= 11 is 88.6. The van der Waals surface area contributed by atoms with Gasteiger partial charge in [0, 0.05) is 35.2 Å². The Balaban J connectivity index is 1.57. The molecule has 0 saturated carbocycles. The van der Waals surface area contributed by atoms with E-state index < -0.39 is 53.4 Å². The fraction of sp³-hybridized carbons (Fsp3) is 0.125. The summed E-state index contributed by atoms with van der Waals surface area (Å²) in [7, 11) is -4.77. The number of rotatable bonds is 28. The van der Waals surface area contributed by atoms with Gasteiger partial charge in [0.1, 0.15) is 34.5 Å². The number of hydrazone groups is 5. The lowest BCUT2D eigenvalue weighted by atomic mass is 10.2. The molecule has 492 valence electrons. The van der Waals surface area contributed by atoms with Crippen molar-refractivity contribution >= 4 is 256 Å². The highest BCUT2D eigenvalue weighted by atomic mass is 35.9. The monoisotopic (exact) mass is 1690 g/mol. The standard InChI is InChI=1S/C48H47Cl10N13O8P8S5/c1-67(80(49,50)88)59-31-36-7-19-42(20-8-36)74-85(75-43-21-9-37(10-22-43)32-60-68(2)81(51,52)89)64-86(76-44-23-11-38(12-24-44)33-61-69(3)82(53,54)90,77-45-25-13-39(14-26-45)34-62-70(4)83(55,56)91)66-87(65-85,79-47-29-17-41(18-30-47)48(72)73-6)78-46-27-15-40(16-28-46)35-63-71(5)84(57,58)92/h7-35H,1-6H3/b59-31+,60-32+,61-33+,62-34+,63-35+. The van der Waals surface area contributed by atoms with Gasteiger partial charge in [-0.1, -0.05) is 13.5 Å². The Bertz CT molecular complexity index is 3890. The molecule has 92 heavy (non-hydrogen) atoms. The van der Waals surface area contributed by atoms with Crippen LogP contribution >= 0.6 is 160 Å². The third-order valence-corrected chi connectivity index (χ3v) is 33.4. The zero-order valence-electron chi connectivity index (χ0n) is 47.7. The smallest absolute Gasteiger partial charge is 0.460 e. The van der Waals surface area contributed by atoms with Crippen molar-refractivity contribution in [3.63, 3.8) is 0 Å². The first-order chi connectivity index (χ1) is 42.9. The predicted octanol–water partition coefficient (Wildman–Crippen LogP) is 21.9. The molecule has 0 spiro atoms. The van der Waals surface area contributed by atoms with Crippen LogP contribution in [0.2, 0.25) is 0 Å². The van der Waals surface area contributed by atoms with Gasteiger partial charge in [-0.2, -0.15) is 25.5 Å². The molecule has 7 rings (SSSR count). The quantitative estimate of drug-likeness (QED) is 0.0194. The van der Waals surface area contributed by atoms with Crippen molar-refractivity contribution in [1.29, 1.82) is 0 Å². The van der Waals surface area contributed by atoms with Gasteiger partial charge in [-0.3, -0.25) is 0 Å². The molecule has 0 bridgehead atoms. The zero-order chi connectivity index (χ0) is 67.5. The average molecular weight is 1700 g/mol. The largest absolute Gasteiger partial charge is 0.465 e. The van der Waals surface area contributed by atoms with E-state index in [1.165, 1.54) is 86.3 Å². The summed E-state index contributed by atoms with van der Waals surface area (Å²) < 4.78 is 70.0. The molecule has 0 fully saturated rings. The highest BCUT2D eigenvalue weighted by Gasteiger charge is 2.49. The van der Waals surface area contributed by atoms with Crippen molar-refractivity contribution < 1.29 is 36.7 Å². The van der Waals surface area contributed by atoms with Crippen LogP contribution in [0.4, 0.5) is 0 Å². The number of carbonyl (C=O) groups is 1. The second-order valence-electron chi connectivity index (χ2n) is 18.0. The van der Waals surface area contributed by atoms with Gasteiger partial charge in [-0.25, -0.2) is 28.7 Å². The van der Waals surface area contributed by atoms with Gasteiger partial charge in [0.25, 0.3) is 0 Å². The van der Waals surface area contributed by atoms with Crippen molar-refractivity contribution in [3.05, 3.63) is 179 Å². The summed E-state index contributed by atoms with van der Waals surface area (Å²) in [5, 5.41) is 21.7. The molecule has 1 aliphatic rings. The van der Waals surface area contributed by atoms with Crippen LogP contribution in [0.1, 0.15) is 38.2 Å². The van der Waals surface area contributed by atoms with E-state index in [1.54, 1.807) is 157 Å². The maximum atomic E-state index is 12.8. The van der Waals surface area contributed by atoms with Crippen molar-refractivity contribution in [2.24, 2.45) is 39.1 Å². The molecule has 1 atom stereocenters. The molecular formula is C48H47Cl10N13O8P8S5. The first-order valence-electron chi connectivity index (χ1n) is 25.1. The number of esters is 1. The summed E-state index contributed by atoms with van der Waals surface area (Å²) in [6.07, 6.45) is 7.51. The molecule has 1 heterocycles. The molecule has 6 aromatic rings. The summed E-state index contributed by atoms with van der Waals surface area (Å²) in [5.74, 6) is 0.112. The molecule has 6 aromatic carbocycles. The van der Waals surface area contributed by atoms with Gasteiger partial charge in [0.05, 0.1) is 43.7 Å². The van der Waals surface area contributed by atoms with E-state index in [0.717, 1.165) is 0 Å². The topological polar surface area (TPSA) is 197 Å². The second kappa shape index (κ2) is 33.1. The lowest BCUT2D eigenvalue weighted by Crippen LogP contribution is -2.11. The number of nitrogens with zero attached hydrogens (tertiary/aromatic N) is 13. The minimum atomic E-state index is -4.61. The Hall–Kier alpha value is -2.22. The van der Waals surface area contributed by atoms with E-state index in [0.29, 0.717) is 27.8 Å². The van der Waals surface area contributed by atoms with Gasteiger partial charge in [0.2, 0.25) is 24.5 Å². The molecule has 1 unspecified atom stereocenters. The van der Waals surface area contributed by atoms with Crippen LogP contribution in [0.25, 0.3) is 0 Å². The van der Waals surface area contributed by atoms with Gasteiger partial charge >= 0.3 is 28.9 Å². The SMILES string of the molecule is COC(=O)c1ccc(OP2(Oc3ccc(/C=N/N(C)P(=S)(Cl)Cl)cc3)=NP(Oc3ccc(/C=N/N(C)P(=S)(Cl)Cl)cc3)(Oc3ccc(/C=N/N(C)P(=S)(Cl)Cl)cc3)=NP(Oc3ccc(/C=N/N(C)P(=S)(Cl)Cl)cc3)(Oc3ccc(/C=N/N(C)P(=S)(Cl)Cl)cc3)=N2)cc1. The number of ether oxygens (including phenoxy) is 1. The average Bonchev–Trinajstić information content (AvgIpc) is 0.732. The van der Waals surface area contributed by atoms with E-state index in [-0.39, 0.29) is 40.1 Å². The van der Waals surface area contributed by atoms with Crippen molar-refractivity contribution in [3.8, 4) is 34.5 Å². The lowest BCUT2D eigenvalue weighted by molar-refractivity contribution is 0.0600. The number of hydrogen-bond acceptors (Lipinski definition) is 21. The molecule has 21 nitrogen and oxygen atoms in total. The lowest BCUT2D eigenvalue weighted by Gasteiger charge is -2.33. The summed E-state index contributed by atoms with van der Waals surface area (Å²) in [6.45, 7) is 0. The first-order valence-corrected chi connectivity index (χ1v) is 52.5. The molecule has 0 radical (unpaired) electrons. The van der Waals surface area contributed by atoms with Gasteiger partial charge in [-0.05, 0) is 345 Å². The van der Waals surface area contributed by atoms with Crippen molar-refractivity contribution in [1.82, 2.24) is 23.9 Å². The molecule has 0 aromatic heterocycles. The minimum absolute atomic E-state index is 0.0726. The number of halogens is 10. The highest BCUT2D eigenvalue weighted by Crippen LogP contribution is 2.79. The predicted molar refractivity (Wildman–Crippen MR) is 409 cm³/mol. The maximum absolute atomic E-state index is 12.8. The number of carbonyl (C=O) groups excluding carboxylic acids is 1. The fourth-order valence-corrected chi connectivity index (χ4v) is 18.2.